The maximum atomic E-state index is 11.4. The normalized spacial score (nSPS) is 30.6. The molecule has 0 aromatic heterocycles. The summed E-state index contributed by atoms with van der Waals surface area (Å²) in [6, 6.07) is 0.903. The number of piperazine rings is 1. The zero-order chi connectivity index (χ0) is 10.0. The van der Waals surface area contributed by atoms with Crippen LogP contribution in [0.15, 0.2) is 0 Å². The number of nitrogens with zero attached hydrogens (tertiary/aromatic N) is 2. The summed E-state index contributed by atoms with van der Waals surface area (Å²) in [7, 11) is 2.11. The largest absolute Gasteiger partial charge is 0.339 e. The van der Waals surface area contributed by atoms with E-state index >= 15 is 0 Å². The average Bonchev–Trinajstić information content (AvgIpc) is 2.12. The van der Waals surface area contributed by atoms with Gasteiger partial charge in [-0.3, -0.25) is 9.69 Å². The molecule has 3 nitrogen and oxygen atoms in total. The Morgan fingerprint density at radius 1 is 1.38 bits per heavy atom. The number of rotatable bonds is 1. The first-order valence-corrected chi connectivity index (χ1v) is 5.30. The van der Waals surface area contributed by atoms with Gasteiger partial charge in [-0.25, -0.2) is 0 Å². The van der Waals surface area contributed by atoms with E-state index in [1.807, 2.05) is 4.90 Å². The minimum atomic E-state index is 0.148. The van der Waals surface area contributed by atoms with Crippen LogP contribution in [0.25, 0.3) is 0 Å². The molecule has 1 aliphatic heterocycles. The first-order valence-electron chi connectivity index (χ1n) is 4.66. The molecule has 0 saturated carbocycles. The van der Waals surface area contributed by atoms with E-state index in [-0.39, 0.29) is 5.91 Å². The SMILES string of the molecule is C[C@@H]1CN(C(=O)CS)C[C@H](C)N1C. The van der Waals surface area contributed by atoms with E-state index < -0.39 is 0 Å². The van der Waals surface area contributed by atoms with Crippen LogP contribution in [0.2, 0.25) is 0 Å². The summed E-state index contributed by atoms with van der Waals surface area (Å²) in [6.07, 6.45) is 0. The van der Waals surface area contributed by atoms with Crippen LogP contribution in [0.3, 0.4) is 0 Å². The standard InChI is InChI=1S/C9H18N2OS/c1-7-4-11(9(12)6-13)5-8(2)10(7)3/h7-8,13H,4-6H2,1-3H3/t7-,8+. The van der Waals surface area contributed by atoms with Crippen molar-refractivity contribution in [2.75, 3.05) is 25.9 Å². The molecule has 0 bridgehead atoms. The van der Waals surface area contributed by atoms with Crippen LogP contribution < -0.4 is 0 Å². The highest BCUT2D eigenvalue weighted by Gasteiger charge is 2.28. The van der Waals surface area contributed by atoms with Gasteiger partial charge in [-0.2, -0.15) is 12.6 Å². The molecule has 1 rings (SSSR count). The van der Waals surface area contributed by atoms with E-state index in [1.54, 1.807) is 0 Å². The Hall–Kier alpha value is -0.220. The van der Waals surface area contributed by atoms with Gasteiger partial charge in [0.25, 0.3) is 0 Å². The van der Waals surface area contributed by atoms with Crippen molar-refractivity contribution in [2.24, 2.45) is 0 Å². The fourth-order valence-electron chi connectivity index (χ4n) is 1.71. The van der Waals surface area contributed by atoms with Crippen LogP contribution in [0.1, 0.15) is 13.8 Å². The lowest BCUT2D eigenvalue weighted by atomic mass is 10.1. The summed E-state index contributed by atoms with van der Waals surface area (Å²) in [5, 5.41) is 0. The van der Waals surface area contributed by atoms with Gasteiger partial charge < -0.3 is 4.90 Å². The lowest BCUT2D eigenvalue weighted by Crippen LogP contribution is -2.56. The third kappa shape index (κ3) is 2.38. The van der Waals surface area contributed by atoms with Crippen molar-refractivity contribution in [1.29, 1.82) is 0 Å². The highest BCUT2D eigenvalue weighted by molar-refractivity contribution is 7.81. The fourth-order valence-corrected chi connectivity index (χ4v) is 1.91. The second-order valence-electron chi connectivity index (χ2n) is 3.82. The predicted octanol–water partition coefficient (Wildman–Crippen LogP) is 0.467. The molecule has 1 aliphatic rings. The van der Waals surface area contributed by atoms with Gasteiger partial charge in [-0.1, -0.05) is 0 Å². The lowest BCUT2D eigenvalue weighted by molar-refractivity contribution is -0.132. The quantitative estimate of drug-likeness (QED) is 0.625. The molecule has 0 unspecified atom stereocenters. The molecule has 4 heteroatoms. The molecule has 76 valence electrons. The molecule has 1 saturated heterocycles. The zero-order valence-corrected chi connectivity index (χ0v) is 9.42. The maximum Gasteiger partial charge on any atom is 0.232 e. The van der Waals surface area contributed by atoms with Gasteiger partial charge in [-0.15, -0.1) is 0 Å². The zero-order valence-electron chi connectivity index (χ0n) is 8.53. The second kappa shape index (κ2) is 4.33. The highest BCUT2D eigenvalue weighted by Crippen LogP contribution is 2.13. The Morgan fingerprint density at radius 2 is 1.85 bits per heavy atom. The van der Waals surface area contributed by atoms with E-state index in [9.17, 15) is 4.79 Å². The molecule has 1 amide bonds. The van der Waals surface area contributed by atoms with Crippen molar-refractivity contribution < 1.29 is 4.79 Å². The topological polar surface area (TPSA) is 23.6 Å². The first kappa shape index (κ1) is 10.9. The summed E-state index contributed by atoms with van der Waals surface area (Å²) < 4.78 is 0. The summed E-state index contributed by atoms with van der Waals surface area (Å²) in [5.41, 5.74) is 0. The van der Waals surface area contributed by atoms with Gasteiger partial charge in [-0.05, 0) is 20.9 Å². The molecule has 0 aromatic rings. The third-order valence-corrected chi connectivity index (χ3v) is 3.12. The molecule has 1 heterocycles. The summed E-state index contributed by atoms with van der Waals surface area (Å²) >= 11 is 4.00. The Labute approximate surface area is 85.5 Å². The average molecular weight is 202 g/mol. The molecule has 0 radical (unpaired) electrons. The van der Waals surface area contributed by atoms with Gasteiger partial charge in [0.2, 0.25) is 5.91 Å². The molecule has 2 atom stereocenters. The van der Waals surface area contributed by atoms with Crippen LogP contribution in [-0.2, 0) is 4.79 Å². The van der Waals surface area contributed by atoms with E-state index in [1.165, 1.54) is 0 Å². The monoisotopic (exact) mass is 202 g/mol. The van der Waals surface area contributed by atoms with Gasteiger partial charge in [0.15, 0.2) is 0 Å². The van der Waals surface area contributed by atoms with Crippen molar-refractivity contribution in [1.82, 2.24) is 9.80 Å². The van der Waals surface area contributed by atoms with Crippen molar-refractivity contribution in [3.8, 4) is 0 Å². The summed E-state index contributed by atoms with van der Waals surface area (Å²) in [5.74, 6) is 0.471. The number of likely N-dealkylation sites (N-methyl/N-ethyl adjacent to an activating group) is 1. The number of amides is 1. The van der Waals surface area contributed by atoms with Crippen LogP contribution in [0.4, 0.5) is 0 Å². The van der Waals surface area contributed by atoms with E-state index in [2.05, 4.69) is 38.4 Å². The van der Waals surface area contributed by atoms with Crippen LogP contribution in [0, 0.1) is 0 Å². The van der Waals surface area contributed by atoms with E-state index in [4.69, 9.17) is 0 Å². The first-order chi connectivity index (χ1) is 6.06. The smallest absolute Gasteiger partial charge is 0.232 e. The molecule has 0 aliphatic carbocycles. The van der Waals surface area contributed by atoms with Gasteiger partial charge in [0.1, 0.15) is 0 Å². The van der Waals surface area contributed by atoms with Crippen molar-refractivity contribution in [3.05, 3.63) is 0 Å². The number of carbonyl (C=O) groups excluding carboxylic acids is 1. The molecular weight excluding hydrogens is 184 g/mol. The van der Waals surface area contributed by atoms with Gasteiger partial charge in [0, 0.05) is 25.2 Å². The van der Waals surface area contributed by atoms with Crippen molar-refractivity contribution in [3.63, 3.8) is 0 Å². The maximum absolute atomic E-state index is 11.4. The highest BCUT2D eigenvalue weighted by atomic mass is 32.1. The fraction of sp³-hybridized carbons (Fsp3) is 0.889. The summed E-state index contributed by atoms with van der Waals surface area (Å²) in [4.78, 5) is 15.6. The minimum absolute atomic E-state index is 0.148. The summed E-state index contributed by atoms with van der Waals surface area (Å²) in [6.45, 7) is 5.96. The molecule has 13 heavy (non-hydrogen) atoms. The minimum Gasteiger partial charge on any atom is -0.339 e. The Morgan fingerprint density at radius 3 is 2.23 bits per heavy atom. The van der Waals surface area contributed by atoms with Crippen LogP contribution in [0.5, 0.6) is 0 Å². The number of carbonyl (C=O) groups is 1. The van der Waals surface area contributed by atoms with Gasteiger partial charge in [0.05, 0.1) is 5.75 Å². The molecule has 0 N–H and O–H groups in total. The Kier molecular flexibility index (Phi) is 3.62. The van der Waals surface area contributed by atoms with Gasteiger partial charge >= 0.3 is 0 Å². The van der Waals surface area contributed by atoms with Crippen molar-refractivity contribution in [2.45, 2.75) is 25.9 Å². The molecule has 0 aromatic carbocycles. The second-order valence-corrected chi connectivity index (χ2v) is 4.14. The van der Waals surface area contributed by atoms with E-state index in [0.29, 0.717) is 17.8 Å². The molecule has 0 spiro atoms. The predicted molar refractivity (Wildman–Crippen MR) is 57.1 cm³/mol. The number of hydrogen-bond donors (Lipinski definition) is 1. The number of hydrogen-bond acceptors (Lipinski definition) is 3. The third-order valence-electron chi connectivity index (χ3n) is 2.85. The molecule has 1 fully saturated rings. The molecular formula is C9H18N2OS. The number of thiol groups is 1. The Balaban J connectivity index is 2.58. The van der Waals surface area contributed by atoms with E-state index in [0.717, 1.165) is 13.1 Å². The Bertz CT molecular complexity index is 186. The lowest BCUT2D eigenvalue weighted by Gasteiger charge is -2.42. The van der Waals surface area contributed by atoms with Crippen LogP contribution in [-0.4, -0.2) is 53.7 Å². The van der Waals surface area contributed by atoms with Crippen LogP contribution >= 0.6 is 12.6 Å². The van der Waals surface area contributed by atoms with Crippen molar-refractivity contribution >= 4 is 18.5 Å².